The van der Waals surface area contributed by atoms with Gasteiger partial charge in [-0.3, -0.25) is 4.79 Å². The molecule has 0 fully saturated rings. The van der Waals surface area contributed by atoms with Crippen molar-refractivity contribution < 1.29 is 9.90 Å². The van der Waals surface area contributed by atoms with Crippen molar-refractivity contribution in [2.45, 2.75) is 40.2 Å². The van der Waals surface area contributed by atoms with E-state index in [2.05, 4.69) is 0 Å². The van der Waals surface area contributed by atoms with Gasteiger partial charge in [0.05, 0.1) is 5.41 Å². The van der Waals surface area contributed by atoms with Crippen molar-refractivity contribution in [3.63, 3.8) is 0 Å². The number of hydrogen-bond donors (Lipinski definition) is 2. The van der Waals surface area contributed by atoms with Crippen LogP contribution >= 0.6 is 0 Å². The molecule has 0 bridgehead atoms. The lowest BCUT2D eigenvalue weighted by Gasteiger charge is -2.28. The molecular formula is C9H19NO2. The fraction of sp³-hybridized carbons (Fsp3) is 0.889. The van der Waals surface area contributed by atoms with Crippen molar-refractivity contribution in [2.75, 3.05) is 0 Å². The molecule has 0 saturated carbocycles. The third kappa shape index (κ3) is 2.81. The summed E-state index contributed by atoms with van der Waals surface area (Å²) in [5.74, 6) is -0.380. The second-order valence-electron chi connectivity index (χ2n) is 4.26. The maximum Gasteiger partial charge on any atom is 0.310 e. The molecule has 0 aliphatic rings. The van der Waals surface area contributed by atoms with Crippen LogP contribution in [0.25, 0.3) is 0 Å². The highest BCUT2D eigenvalue weighted by molar-refractivity contribution is 5.74. The van der Waals surface area contributed by atoms with Crippen LogP contribution in [0.3, 0.4) is 0 Å². The van der Waals surface area contributed by atoms with E-state index in [4.69, 9.17) is 10.8 Å². The molecule has 3 N–H and O–H groups in total. The maximum atomic E-state index is 10.8. The highest BCUT2D eigenvalue weighted by Gasteiger charge is 2.34. The average molecular weight is 173 g/mol. The van der Waals surface area contributed by atoms with Crippen LogP contribution in [0.5, 0.6) is 0 Å². The summed E-state index contributed by atoms with van der Waals surface area (Å²) in [6, 6.07) is -0.269. The molecule has 1 atom stereocenters. The summed E-state index contributed by atoms with van der Waals surface area (Å²) in [5, 5.41) is 8.84. The fourth-order valence-corrected chi connectivity index (χ4v) is 0.961. The van der Waals surface area contributed by atoms with E-state index in [-0.39, 0.29) is 6.04 Å². The van der Waals surface area contributed by atoms with Crippen LogP contribution in [0.15, 0.2) is 0 Å². The van der Waals surface area contributed by atoms with Crippen molar-refractivity contribution in [3.05, 3.63) is 0 Å². The Hall–Kier alpha value is -0.570. The summed E-state index contributed by atoms with van der Waals surface area (Å²) in [4.78, 5) is 10.8. The van der Waals surface area contributed by atoms with Gasteiger partial charge in [0.1, 0.15) is 0 Å². The number of hydrogen-bond acceptors (Lipinski definition) is 2. The molecule has 0 radical (unpaired) electrons. The van der Waals surface area contributed by atoms with E-state index in [1.54, 1.807) is 13.8 Å². The topological polar surface area (TPSA) is 63.3 Å². The van der Waals surface area contributed by atoms with Gasteiger partial charge in [-0.05, 0) is 26.2 Å². The van der Waals surface area contributed by atoms with E-state index >= 15 is 0 Å². The summed E-state index contributed by atoms with van der Waals surface area (Å²) >= 11 is 0. The molecule has 0 heterocycles. The summed E-state index contributed by atoms with van der Waals surface area (Å²) in [6.07, 6.45) is 0.749. The van der Waals surface area contributed by atoms with Crippen molar-refractivity contribution in [1.29, 1.82) is 0 Å². The van der Waals surface area contributed by atoms with Crippen molar-refractivity contribution >= 4 is 5.97 Å². The Bertz CT molecular complexity index is 164. The van der Waals surface area contributed by atoms with Crippen molar-refractivity contribution in [1.82, 2.24) is 0 Å². The largest absolute Gasteiger partial charge is 0.481 e. The minimum Gasteiger partial charge on any atom is -0.481 e. The Morgan fingerprint density at radius 1 is 1.50 bits per heavy atom. The molecule has 0 saturated heterocycles. The van der Waals surface area contributed by atoms with E-state index in [1.165, 1.54) is 0 Å². The lowest BCUT2D eigenvalue weighted by molar-refractivity contribution is -0.148. The number of carboxylic acid groups (broad SMARTS) is 1. The Kier molecular flexibility index (Phi) is 3.71. The molecule has 0 unspecified atom stereocenters. The van der Waals surface area contributed by atoms with Crippen LogP contribution in [-0.2, 0) is 4.79 Å². The molecule has 72 valence electrons. The Balaban J connectivity index is 4.25. The van der Waals surface area contributed by atoms with Gasteiger partial charge in [-0.2, -0.15) is 0 Å². The van der Waals surface area contributed by atoms with Gasteiger partial charge in [0.15, 0.2) is 0 Å². The Morgan fingerprint density at radius 2 is 1.92 bits per heavy atom. The van der Waals surface area contributed by atoms with Gasteiger partial charge in [0.25, 0.3) is 0 Å². The normalized spacial score (nSPS) is 14.8. The minimum atomic E-state index is -0.823. The molecule has 3 nitrogen and oxygen atoms in total. The first-order valence-electron chi connectivity index (χ1n) is 4.27. The number of rotatable bonds is 4. The van der Waals surface area contributed by atoms with Gasteiger partial charge >= 0.3 is 5.97 Å². The smallest absolute Gasteiger partial charge is 0.310 e. The van der Waals surface area contributed by atoms with E-state index < -0.39 is 11.4 Å². The van der Waals surface area contributed by atoms with Crippen LogP contribution in [0.4, 0.5) is 0 Å². The van der Waals surface area contributed by atoms with Crippen LogP contribution in [0.2, 0.25) is 0 Å². The molecule has 0 aliphatic heterocycles. The monoisotopic (exact) mass is 173 g/mol. The molecule has 0 aliphatic carbocycles. The van der Waals surface area contributed by atoms with E-state index in [9.17, 15) is 4.79 Å². The number of carboxylic acids is 1. The zero-order valence-corrected chi connectivity index (χ0v) is 8.29. The Labute approximate surface area is 74.0 Å². The van der Waals surface area contributed by atoms with Gasteiger partial charge in [-0.15, -0.1) is 0 Å². The van der Waals surface area contributed by atoms with Crippen LogP contribution < -0.4 is 5.73 Å². The van der Waals surface area contributed by atoms with E-state index in [0.29, 0.717) is 5.92 Å². The number of nitrogens with two attached hydrogens (primary N) is 1. The molecule has 0 aromatic heterocycles. The number of carbonyl (C=O) groups is 1. The fourth-order valence-electron chi connectivity index (χ4n) is 0.961. The van der Waals surface area contributed by atoms with Crippen LogP contribution in [-0.4, -0.2) is 17.1 Å². The zero-order valence-electron chi connectivity index (χ0n) is 8.29. The van der Waals surface area contributed by atoms with Crippen molar-refractivity contribution in [3.8, 4) is 0 Å². The van der Waals surface area contributed by atoms with Crippen molar-refractivity contribution in [2.24, 2.45) is 17.1 Å². The highest BCUT2D eigenvalue weighted by atomic mass is 16.4. The quantitative estimate of drug-likeness (QED) is 0.676. The second kappa shape index (κ2) is 3.90. The van der Waals surface area contributed by atoms with Crippen LogP contribution in [0.1, 0.15) is 34.1 Å². The lowest BCUT2D eigenvalue weighted by Crippen LogP contribution is -2.43. The second-order valence-corrected chi connectivity index (χ2v) is 4.26. The summed E-state index contributed by atoms with van der Waals surface area (Å²) in [5.41, 5.74) is 4.96. The highest BCUT2D eigenvalue weighted by Crippen LogP contribution is 2.23. The minimum absolute atomic E-state index is 0.269. The molecule has 3 heteroatoms. The van der Waals surface area contributed by atoms with Gasteiger partial charge in [-0.25, -0.2) is 0 Å². The molecular weight excluding hydrogens is 154 g/mol. The lowest BCUT2D eigenvalue weighted by atomic mass is 9.81. The summed E-state index contributed by atoms with van der Waals surface area (Å²) in [6.45, 7) is 7.42. The van der Waals surface area contributed by atoms with Gasteiger partial charge in [-0.1, -0.05) is 13.8 Å². The van der Waals surface area contributed by atoms with Gasteiger partial charge in [0, 0.05) is 6.04 Å². The standard InChI is InChI=1S/C9H19NO2/c1-6(2)5-7(10)9(3,4)8(11)12/h6-7H,5,10H2,1-4H3,(H,11,12)/t7-/m1/s1. The van der Waals surface area contributed by atoms with E-state index in [0.717, 1.165) is 6.42 Å². The first-order valence-corrected chi connectivity index (χ1v) is 4.27. The molecule has 0 aromatic rings. The first kappa shape index (κ1) is 11.4. The van der Waals surface area contributed by atoms with Gasteiger partial charge < -0.3 is 10.8 Å². The third-order valence-corrected chi connectivity index (χ3v) is 2.20. The zero-order chi connectivity index (χ0) is 9.94. The molecule has 12 heavy (non-hydrogen) atoms. The maximum absolute atomic E-state index is 10.8. The predicted molar refractivity (Wildman–Crippen MR) is 48.8 cm³/mol. The number of aliphatic carboxylic acids is 1. The first-order chi connectivity index (χ1) is 5.28. The van der Waals surface area contributed by atoms with Gasteiger partial charge in [0.2, 0.25) is 0 Å². The van der Waals surface area contributed by atoms with Crippen LogP contribution in [0, 0.1) is 11.3 Å². The summed E-state index contributed by atoms with van der Waals surface area (Å²) < 4.78 is 0. The molecule has 0 rings (SSSR count). The molecule has 0 amide bonds. The molecule has 0 spiro atoms. The average Bonchev–Trinajstić information content (AvgIpc) is 1.85. The Morgan fingerprint density at radius 3 is 2.17 bits per heavy atom. The summed E-state index contributed by atoms with van der Waals surface area (Å²) in [7, 11) is 0. The van der Waals surface area contributed by atoms with E-state index in [1.807, 2.05) is 13.8 Å². The predicted octanol–water partition coefficient (Wildman–Crippen LogP) is 1.47. The SMILES string of the molecule is CC(C)C[C@@H](N)C(C)(C)C(=O)O. The third-order valence-electron chi connectivity index (χ3n) is 2.20. The molecule has 0 aromatic carbocycles.